The number of aromatic nitrogens is 3. The van der Waals surface area contributed by atoms with Gasteiger partial charge in [-0.3, -0.25) is 10.4 Å². The first-order valence-corrected chi connectivity index (χ1v) is 9.66. The second-order valence-electron chi connectivity index (χ2n) is 6.00. The monoisotopic (exact) mass is 386 g/mol. The highest BCUT2D eigenvalue weighted by atomic mass is 32.1. The van der Waals surface area contributed by atoms with E-state index in [1.807, 2.05) is 60.8 Å². The zero-order valence-corrected chi connectivity index (χ0v) is 16.0. The lowest BCUT2D eigenvalue weighted by atomic mass is 10.2. The summed E-state index contributed by atoms with van der Waals surface area (Å²) >= 11 is 1.63. The predicted molar refractivity (Wildman–Crippen MR) is 115 cm³/mol. The molecule has 6 nitrogen and oxygen atoms in total. The molecule has 0 spiro atoms. The Kier molecular flexibility index (Phi) is 5.35. The largest absolute Gasteiger partial charge is 0.324 e. The fourth-order valence-corrected chi connectivity index (χ4v) is 3.26. The first-order chi connectivity index (χ1) is 13.8. The van der Waals surface area contributed by atoms with Gasteiger partial charge in [0.2, 0.25) is 5.95 Å². The molecule has 0 aliphatic heterocycles. The van der Waals surface area contributed by atoms with Crippen molar-refractivity contribution in [3.63, 3.8) is 0 Å². The average Bonchev–Trinajstić information content (AvgIpc) is 3.28. The van der Waals surface area contributed by atoms with Crippen LogP contribution in [0.1, 0.15) is 12.5 Å². The number of nitrogens with zero attached hydrogens (tertiary/aromatic N) is 4. The van der Waals surface area contributed by atoms with Crippen molar-refractivity contribution in [2.24, 2.45) is 5.10 Å². The molecule has 4 aromatic rings. The fourth-order valence-electron chi connectivity index (χ4n) is 2.60. The summed E-state index contributed by atoms with van der Waals surface area (Å²) in [4.78, 5) is 13.1. The second-order valence-corrected chi connectivity index (χ2v) is 6.78. The third-order valence-electron chi connectivity index (χ3n) is 4.08. The highest BCUT2D eigenvalue weighted by Crippen LogP contribution is 2.29. The molecule has 0 aliphatic rings. The van der Waals surface area contributed by atoms with E-state index in [0.29, 0.717) is 11.8 Å². The van der Waals surface area contributed by atoms with E-state index in [1.54, 1.807) is 29.9 Å². The Balaban J connectivity index is 1.65. The summed E-state index contributed by atoms with van der Waals surface area (Å²) in [7, 11) is 0. The molecule has 0 aliphatic carbocycles. The first kappa shape index (κ1) is 17.8. The second kappa shape index (κ2) is 8.41. The number of hydrogen-bond acceptors (Lipinski definition) is 7. The van der Waals surface area contributed by atoms with Crippen LogP contribution in [0.15, 0.2) is 83.0 Å². The zero-order chi connectivity index (χ0) is 19.2. The highest BCUT2D eigenvalue weighted by molar-refractivity contribution is 7.08. The minimum absolute atomic E-state index is 0.504. The Bertz CT molecular complexity index is 1060. The molecule has 0 fully saturated rings. The molecule has 0 bridgehead atoms. The third-order valence-corrected chi connectivity index (χ3v) is 4.76. The molecule has 0 radical (unpaired) electrons. The Hall–Kier alpha value is -3.58. The summed E-state index contributed by atoms with van der Waals surface area (Å²) in [5, 5.41) is 11.8. The standard InChI is InChI=1S/C21H18N6S/c1-15(16-7-10-22-11-8-16)26-27-20-19(17-9-12-28-14-17)13-23-21(25-20)24-18-5-3-2-4-6-18/h2-14H,1H3,(H2,23,24,25,27). The molecule has 1 aromatic carbocycles. The third kappa shape index (κ3) is 4.21. The van der Waals surface area contributed by atoms with Gasteiger partial charge < -0.3 is 5.32 Å². The van der Waals surface area contributed by atoms with E-state index in [4.69, 9.17) is 0 Å². The van der Waals surface area contributed by atoms with Gasteiger partial charge in [0.05, 0.1) is 5.71 Å². The molecule has 3 aromatic heterocycles. The molecule has 0 atom stereocenters. The number of pyridine rings is 1. The van der Waals surface area contributed by atoms with Crippen molar-refractivity contribution in [3.05, 3.63) is 83.4 Å². The van der Waals surface area contributed by atoms with Gasteiger partial charge in [0.1, 0.15) is 0 Å². The topological polar surface area (TPSA) is 75.1 Å². The van der Waals surface area contributed by atoms with Crippen LogP contribution in [0.4, 0.5) is 17.5 Å². The molecule has 28 heavy (non-hydrogen) atoms. The summed E-state index contributed by atoms with van der Waals surface area (Å²) < 4.78 is 0. The molecule has 3 heterocycles. The number of anilines is 3. The number of thiophene rings is 1. The molecule has 0 saturated heterocycles. The van der Waals surface area contributed by atoms with Gasteiger partial charge in [-0.15, -0.1) is 0 Å². The van der Waals surface area contributed by atoms with E-state index in [1.165, 1.54) is 0 Å². The van der Waals surface area contributed by atoms with Crippen LogP contribution >= 0.6 is 11.3 Å². The maximum atomic E-state index is 4.64. The molecule has 0 unspecified atom stereocenters. The Morgan fingerprint density at radius 2 is 1.86 bits per heavy atom. The Labute approximate surface area is 167 Å². The Morgan fingerprint density at radius 3 is 2.61 bits per heavy atom. The number of para-hydroxylation sites is 1. The maximum absolute atomic E-state index is 4.64. The molecular weight excluding hydrogens is 368 g/mol. The summed E-state index contributed by atoms with van der Waals surface area (Å²) in [6.07, 6.45) is 5.30. The van der Waals surface area contributed by atoms with Crippen molar-refractivity contribution in [3.8, 4) is 11.1 Å². The van der Waals surface area contributed by atoms with E-state index >= 15 is 0 Å². The van der Waals surface area contributed by atoms with E-state index < -0.39 is 0 Å². The van der Waals surface area contributed by atoms with Gasteiger partial charge >= 0.3 is 0 Å². The van der Waals surface area contributed by atoms with Gasteiger partial charge in [-0.1, -0.05) is 18.2 Å². The zero-order valence-electron chi connectivity index (χ0n) is 15.2. The van der Waals surface area contributed by atoms with Gasteiger partial charge in [0.15, 0.2) is 5.82 Å². The van der Waals surface area contributed by atoms with Crippen LogP contribution in [0.2, 0.25) is 0 Å². The van der Waals surface area contributed by atoms with Crippen LogP contribution in [-0.4, -0.2) is 20.7 Å². The number of nitrogens with one attached hydrogen (secondary N) is 2. The van der Waals surface area contributed by atoms with Gasteiger partial charge in [-0.05, 0) is 53.6 Å². The predicted octanol–water partition coefficient (Wildman–Crippen LogP) is 5.18. The lowest BCUT2D eigenvalue weighted by Gasteiger charge is -2.11. The van der Waals surface area contributed by atoms with Crippen molar-refractivity contribution in [2.75, 3.05) is 10.7 Å². The SMILES string of the molecule is CC(=NNc1nc(Nc2ccccc2)ncc1-c1ccsc1)c1ccncc1. The smallest absolute Gasteiger partial charge is 0.229 e. The number of hydrogen-bond donors (Lipinski definition) is 2. The minimum atomic E-state index is 0.504. The van der Waals surface area contributed by atoms with E-state index in [0.717, 1.165) is 28.1 Å². The van der Waals surface area contributed by atoms with Crippen LogP contribution in [0.3, 0.4) is 0 Å². The van der Waals surface area contributed by atoms with Gasteiger partial charge in [0, 0.05) is 35.4 Å². The molecule has 2 N–H and O–H groups in total. The fraction of sp³-hybridized carbons (Fsp3) is 0.0476. The first-order valence-electron chi connectivity index (χ1n) is 8.72. The summed E-state index contributed by atoms with van der Waals surface area (Å²) in [6, 6.07) is 15.7. The average molecular weight is 386 g/mol. The van der Waals surface area contributed by atoms with Crippen molar-refractivity contribution in [1.29, 1.82) is 0 Å². The molecule has 7 heteroatoms. The van der Waals surface area contributed by atoms with E-state index in [-0.39, 0.29) is 0 Å². The molecule has 0 saturated carbocycles. The van der Waals surface area contributed by atoms with Gasteiger partial charge in [0.25, 0.3) is 0 Å². The molecule has 4 rings (SSSR count). The summed E-state index contributed by atoms with van der Waals surface area (Å²) in [5.41, 5.74) is 7.82. The van der Waals surface area contributed by atoms with Crippen LogP contribution in [0.25, 0.3) is 11.1 Å². The van der Waals surface area contributed by atoms with Crippen LogP contribution in [-0.2, 0) is 0 Å². The lowest BCUT2D eigenvalue weighted by molar-refractivity contribution is 1.14. The van der Waals surface area contributed by atoms with Crippen molar-refractivity contribution in [2.45, 2.75) is 6.92 Å². The van der Waals surface area contributed by atoms with E-state index in [2.05, 4.69) is 36.2 Å². The van der Waals surface area contributed by atoms with Crippen LogP contribution < -0.4 is 10.7 Å². The van der Waals surface area contributed by atoms with E-state index in [9.17, 15) is 0 Å². The van der Waals surface area contributed by atoms with Crippen molar-refractivity contribution >= 4 is 34.5 Å². The molecule has 138 valence electrons. The minimum Gasteiger partial charge on any atom is -0.324 e. The number of benzene rings is 1. The Morgan fingerprint density at radius 1 is 1.04 bits per heavy atom. The summed E-state index contributed by atoms with van der Waals surface area (Å²) in [5.74, 6) is 1.14. The highest BCUT2D eigenvalue weighted by Gasteiger charge is 2.10. The summed E-state index contributed by atoms with van der Waals surface area (Å²) in [6.45, 7) is 1.94. The van der Waals surface area contributed by atoms with Gasteiger partial charge in [-0.2, -0.15) is 21.4 Å². The van der Waals surface area contributed by atoms with Crippen molar-refractivity contribution < 1.29 is 0 Å². The number of hydrazone groups is 1. The normalized spacial score (nSPS) is 11.2. The lowest BCUT2D eigenvalue weighted by Crippen LogP contribution is -2.05. The molecule has 0 amide bonds. The quantitative estimate of drug-likeness (QED) is 0.353. The number of rotatable bonds is 6. The van der Waals surface area contributed by atoms with Crippen molar-refractivity contribution in [1.82, 2.24) is 15.0 Å². The molecular formula is C21H18N6S. The van der Waals surface area contributed by atoms with Gasteiger partial charge in [-0.25, -0.2) is 4.98 Å². The van der Waals surface area contributed by atoms with Crippen LogP contribution in [0, 0.1) is 0 Å². The maximum Gasteiger partial charge on any atom is 0.229 e. The van der Waals surface area contributed by atoms with Crippen LogP contribution in [0.5, 0.6) is 0 Å².